The number of carbonyl (C=O) groups is 1. The number of ether oxygens (including phenoxy) is 2. The molecule has 1 saturated carbocycles. The summed E-state index contributed by atoms with van der Waals surface area (Å²) in [6.45, 7) is 4.50. The van der Waals surface area contributed by atoms with E-state index in [4.69, 9.17) is 9.47 Å². The van der Waals surface area contributed by atoms with Crippen LogP contribution in [0.5, 0.6) is 11.5 Å². The van der Waals surface area contributed by atoms with Crippen molar-refractivity contribution in [1.82, 2.24) is 0 Å². The molecule has 0 spiro atoms. The van der Waals surface area contributed by atoms with E-state index in [0.29, 0.717) is 29.2 Å². The van der Waals surface area contributed by atoms with E-state index in [9.17, 15) is 9.90 Å². The summed E-state index contributed by atoms with van der Waals surface area (Å²) < 4.78 is 42.0. The molecule has 1 N–H and O–H groups in total. The van der Waals surface area contributed by atoms with E-state index in [-0.39, 0.29) is 35.9 Å². The van der Waals surface area contributed by atoms with Gasteiger partial charge in [-0.15, -0.1) is 0 Å². The molecule has 3 aromatic rings. The first-order valence-corrected chi connectivity index (χ1v) is 14.0. The lowest BCUT2D eigenvalue weighted by Crippen LogP contribution is -2.11. The van der Waals surface area contributed by atoms with Crippen LogP contribution in [0.25, 0.3) is 16.7 Å². The summed E-state index contributed by atoms with van der Waals surface area (Å²) in [7, 11) is 1.56. The van der Waals surface area contributed by atoms with Crippen LogP contribution in [0.2, 0.25) is 0 Å². The smallest absolute Gasteiger partial charge is 0.303 e. The van der Waals surface area contributed by atoms with Crippen LogP contribution >= 0.6 is 0 Å². The van der Waals surface area contributed by atoms with Crippen molar-refractivity contribution in [3.63, 3.8) is 0 Å². The van der Waals surface area contributed by atoms with Gasteiger partial charge in [-0.05, 0) is 94.7 Å². The molecule has 0 bridgehead atoms. The first-order chi connectivity index (χ1) is 19.2. The van der Waals surface area contributed by atoms with Crippen molar-refractivity contribution in [3.05, 3.63) is 89.0 Å². The maximum Gasteiger partial charge on any atom is 0.303 e. The first-order valence-electron chi connectivity index (χ1n) is 14.0. The fourth-order valence-electron chi connectivity index (χ4n) is 5.84. The molecule has 1 atom stereocenters. The molecule has 0 unspecified atom stereocenters. The number of halogens is 2. The second kappa shape index (κ2) is 11.4. The van der Waals surface area contributed by atoms with E-state index in [0.717, 1.165) is 47.9 Å². The number of carboxylic acid groups (broad SMARTS) is 1. The first kappa shape index (κ1) is 27.9. The molecule has 0 heterocycles. The molecule has 3 aromatic carbocycles. The Hall–Kier alpha value is -3.67. The van der Waals surface area contributed by atoms with E-state index < -0.39 is 11.8 Å². The summed E-state index contributed by atoms with van der Waals surface area (Å²) in [5.74, 6) is -0.989. The largest absolute Gasteiger partial charge is 0.497 e. The predicted molar refractivity (Wildman–Crippen MR) is 152 cm³/mol. The summed E-state index contributed by atoms with van der Waals surface area (Å²) in [4.78, 5) is 11.5. The standard InChI is InChI=1S/C34H36F2O4/c1-34(2)15-5-7-29(34)27-17-22(11-13-26(27)28-19-24(39-3)12-14-30(28)35)20-40-31-8-4-6-25(33(31)36)23(18-32(37)38)16-21-9-10-21/h4,6-8,11-14,17,19,21,23H,5,9-10,15-16,18,20H2,1-3H3,(H,37,38)/t23-/m1/s1. The normalized spacial score (nSPS) is 16.9. The molecule has 4 nitrogen and oxygen atoms in total. The zero-order valence-electron chi connectivity index (χ0n) is 23.3. The molecule has 1 fully saturated rings. The molecule has 6 heteroatoms. The number of hydrogen-bond donors (Lipinski definition) is 1. The lowest BCUT2D eigenvalue weighted by molar-refractivity contribution is -0.137. The highest BCUT2D eigenvalue weighted by Crippen LogP contribution is 2.47. The zero-order valence-corrected chi connectivity index (χ0v) is 23.3. The third-order valence-corrected chi connectivity index (χ3v) is 8.25. The molecule has 0 saturated heterocycles. The van der Waals surface area contributed by atoms with Gasteiger partial charge in [0.15, 0.2) is 11.6 Å². The van der Waals surface area contributed by atoms with E-state index in [1.807, 2.05) is 18.2 Å². The van der Waals surface area contributed by atoms with Gasteiger partial charge in [0.25, 0.3) is 0 Å². The van der Waals surface area contributed by atoms with E-state index in [1.54, 1.807) is 37.4 Å². The Morgan fingerprint density at radius 3 is 2.52 bits per heavy atom. The summed E-state index contributed by atoms with van der Waals surface area (Å²) in [6.07, 6.45) is 6.86. The highest BCUT2D eigenvalue weighted by molar-refractivity contribution is 5.85. The third-order valence-electron chi connectivity index (χ3n) is 8.25. The van der Waals surface area contributed by atoms with Crippen LogP contribution in [0, 0.1) is 23.0 Å². The second-order valence-electron chi connectivity index (χ2n) is 11.7. The van der Waals surface area contributed by atoms with Crippen molar-refractivity contribution < 1.29 is 28.2 Å². The van der Waals surface area contributed by atoms with Crippen molar-refractivity contribution in [2.24, 2.45) is 11.3 Å². The Morgan fingerprint density at radius 1 is 1.05 bits per heavy atom. The van der Waals surface area contributed by atoms with Crippen LogP contribution in [-0.4, -0.2) is 18.2 Å². The summed E-state index contributed by atoms with van der Waals surface area (Å²) >= 11 is 0. The van der Waals surface area contributed by atoms with Gasteiger partial charge in [0.05, 0.1) is 13.5 Å². The fourth-order valence-corrected chi connectivity index (χ4v) is 5.84. The summed E-state index contributed by atoms with van der Waals surface area (Å²) in [5, 5.41) is 9.41. The van der Waals surface area contributed by atoms with E-state index >= 15 is 8.78 Å². The topological polar surface area (TPSA) is 55.8 Å². The van der Waals surface area contributed by atoms with Crippen molar-refractivity contribution in [2.45, 2.75) is 64.9 Å². The average molecular weight is 547 g/mol. The number of hydrogen-bond acceptors (Lipinski definition) is 3. The lowest BCUT2D eigenvalue weighted by atomic mass is 9.79. The maximum atomic E-state index is 15.6. The molecule has 2 aliphatic rings. The number of carboxylic acids is 1. The van der Waals surface area contributed by atoms with E-state index in [1.165, 1.54) is 6.07 Å². The third kappa shape index (κ3) is 6.06. The second-order valence-corrected chi connectivity index (χ2v) is 11.7. The predicted octanol–water partition coefficient (Wildman–Crippen LogP) is 8.78. The number of allylic oxidation sites excluding steroid dienone is 2. The van der Waals surface area contributed by atoms with Gasteiger partial charge in [-0.2, -0.15) is 0 Å². The molecule has 40 heavy (non-hydrogen) atoms. The molecule has 0 aromatic heterocycles. The molecule has 5 rings (SSSR count). The molecule has 0 radical (unpaired) electrons. The van der Waals surface area contributed by atoms with Gasteiger partial charge in [-0.25, -0.2) is 8.78 Å². The van der Waals surface area contributed by atoms with Gasteiger partial charge >= 0.3 is 5.97 Å². The quantitative estimate of drug-likeness (QED) is 0.261. The monoisotopic (exact) mass is 546 g/mol. The molecular formula is C34H36F2O4. The Labute approximate surface area is 234 Å². The number of aliphatic carboxylic acids is 1. The molecular weight excluding hydrogens is 510 g/mol. The van der Waals surface area contributed by atoms with Crippen LogP contribution in [0.4, 0.5) is 8.78 Å². The molecule has 2 aliphatic carbocycles. The van der Waals surface area contributed by atoms with Crippen LogP contribution in [-0.2, 0) is 11.4 Å². The molecule has 0 amide bonds. The van der Waals surface area contributed by atoms with Crippen LogP contribution in [0.3, 0.4) is 0 Å². The summed E-state index contributed by atoms with van der Waals surface area (Å²) in [5.41, 5.74) is 4.46. The number of methoxy groups -OCH3 is 1. The van der Waals surface area contributed by atoms with Gasteiger partial charge in [-0.1, -0.05) is 57.0 Å². The Balaban J connectivity index is 1.45. The zero-order chi connectivity index (χ0) is 28.4. The van der Waals surface area contributed by atoms with Crippen LogP contribution < -0.4 is 9.47 Å². The Kier molecular flexibility index (Phi) is 7.97. The van der Waals surface area contributed by atoms with Gasteiger partial charge in [0.1, 0.15) is 18.2 Å². The van der Waals surface area contributed by atoms with Gasteiger partial charge in [0, 0.05) is 5.56 Å². The van der Waals surface area contributed by atoms with Crippen molar-refractivity contribution in [3.8, 4) is 22.6 Å². The number of benzene rings is 3. The van der Waals surface area contributed by atoms with Crippen LogP contribution in [0.1, 0.15) is 75.0 Å². The highest BCUT2D eigenvalue weighted by Gasteiger charge is 2.31. The average Bonchev–Trinajstić information content (AvgIpc) is 3.67. The van der Waals surface area contributed by atoms with Gasteiger partial charge in [-0.3, -0.25) is 4.79 Å². The van der Waals surface area contributed by atoms with Gasteiger partial charge in [0.2, 0.25) is 0 Å². The molecule has 210 valence electrons. The Bertz CT molecular complexity index is 1440. The van der Waals surface area contributed by atoms with Crippen molar-refractivity contribution in [2.75, 3.05) is 7.11 Å². The van der Waals surface area contributed by atoms with Gasteiger partial charge < -0.3 is 14.6 Å². The lowest BCUT2D eigenvalue weighted by Gasteiger charge is -2.25. The highest BCUT2D eigenvalue weighted by atomic mass is 19.1. The fraction of sp³-hybridized carbons (Fsp3) is 0.382. The SMILES string of the molecule is COc1ccc(F)c(-c2ccc(COc3cccc([C@@H](CC(=O)O)CC4CC4)c3F)cc2C2=CCCC2(C)C)c1. The van der Waals surface area contributed by atoms with E-state index in [2.05, 4.69) is 19.9 Å². The van der Waals surface area contributed by atoms with Crippen LogP contribution in [0.15, 0.2) is 60.7 Å². The van der Waals surface area contributed by atoms with Crippen molar-refractivity contribution >= 4 is 11.5 Å². The maximum absolute atomic E-state index is 15.6. The molecule has 0 aliphatic heterocycles. The van der Waals surface area contributed by atoms with Crippen molar-refractivity contribution in [1.29, 1.82) is 0 Å². The minimum absolute atomic E-state index is 0.0786. The number of rotatable bonds is 11. The minimum Gasteiger partial charge on any atom is -0.497 e. The Morgan fingerprint density at radius 2 is 1.85 bits per heavy atom. The minimum atomic E-state index is -0.930. The summed E-state index contributed by atoms with van der Waals surface area (Å²) in [6, 6.07) is 15.5.